The third kappa shape index (κ3) is 4.50. The van der Waals surface area contributed by atoms with Gasteiger partial charge in [0.15, 0.2) is 0 Å². The lowest BCUT2D eigenvalue weighted by atomic mass is 10.2. The van der Waals surface area contributed by atoms with E-state index in [0.29, 0.717) is 6.10 Å². The maximum absolute atomic E-state index is 5.82. The number of piperazine rings is 1. The van der Waals surface area contributed by atoms with Crippen molar-refractivity contribution >= 4 is 0 Å². The molecule has 0 aliphatic carbocycles. The first-order valence-electron chi connectivity index (χ1n) is 7.53. The molecule has 0 radical (unpaired) electrons. The van der Waals surface area contributed by atoms with Gasteiger partial charge in [-0.05, 0) is 26.4 Å². The first-order valence-corrected chi connectivity index (χ1v) is 7.53. The van der Waals surface area contributed by atoms with Crippen molar-refractivity contribution in [3.05, 3.63) is 0 Å². The summed E-state index contributed by atoms with van der Waals surface area (Å²) in [7, 11) is 2.15. The quantitative estimate of drug-likeness (QED) is 0.624. The summed E-state index contributed by atoms with van der Waals surface area (Å²) >= 11 is 0. The zero-order chi connectivity index (χ0) is 12.8. The van der Waals surface area contributed by atoms with Crippen molar-refractivity contribution in [3.8, 4) is 0 Å². The summed E-state index contributed by atoms with van der Waals surface area (Å²) < 4.78 is 5.82. The van der Waals surface area contributed by atoms with Gasteiger partial charge in [0.1, 0.15) is 0 Å². The molecule has 2 heterocycles. The minimum atomic E-state index is 0.511. The Morgan fingerprint density at radius 2 is 1.61 bits per heavy atom. The van der Waals surface area contributed by atoms with Gasteiger partial charge in [0.2, 0.25) is 0 Å². The molecule has 2 rings (SSSR count). The second-order valence-corrected chi connectivity index (χ2v) is 5.75. The van der Waals surface area contributed by atoms with E-state index in [1.807, 2.05) is 0 Å². The monoisotopic (exact) mass is 255 g/mol. The molecular weight excluding hydrogens is 226 g/mol. The van der Waals surface area contributed by atoms with Crippen LogP contribution < -0.4 is 0 Å². The molecule has 0 bridgehead atoms. The molecule has 0 atom stereocenters. The van der Waals surface area contributed by atoms with Crippen LogP contribution in [-0.2, 0) is 4.74 Å². The Bertz CT molecular complexity index is 223. The lowest BCUT2D eigenvalue weighted by molar-refractivity contribution is -0.0458. The molecule has 0 spiro atoms. The second-order valence-electron chi connectivity index (χ2n) is 5.75. The molecule has 106 valence electrons. The largest absolute Gasteiger partial charge is 0.376 e. The van der Waals surface area contributed by atoms with E-state index >= 15 is 0 Å². The lowest BCUT2D eigenvalue weighted by Crippen LogP contribution is -2.50. The summed E-state index contributed by atoms with van der Waals surface area (Å²) in [5.41, 5.74) is 0. The molecule has 4 nitrogen and oxygen atoms in total. The van der Waals surface area contributed by atoms with Crippen molar-refractivity contribution in [3.63, 3.8) is 0 Å². The fraction of sp³-hybridized carbons (Fsp3) is 1.00. The SMILES string of the molecule is CCCN1CCN(CCCOC2CN(C)C2)CC1. The zero-order valence-corrected chi connectivity index (χ0v) is 12.1. The van der Waals surface area contributed by atoms with Crippen LogP contribution in [0.25, 0.3) is 0 Å². The van der Waals surface area contributed by atoms with Gasteiger partial charge in [-0.15, -0.1) is 0 Å². The number of likely N-dealkylation sites (N-methyl/N-ethyl adjacent to an activating group) is 1. The molecule has 2 aliphatic heterocycles. The van der Waals surface area contributed by atoms with Crippen molar-refractivity contribution in [1.82, 2.24) is 14.7 Å². The van der Waals surface area contributed by atoms with Crippen LogP contribution in [0.15, 0.2) is 0 Å². The highest BCUT2D eigenvalue weighted by Crippen LogP contribution is 2.09. The maximum atomic E-state index is 5.82. The lowest BCUT2D eigenvalue weighted by Gasteiger charge is -2.36. The van der Waals surface area contributed by atoms with Crippen LogP contribution in [0.2, 0.25) is 0 Å². The van der Waals surface area contributed by atoms with Crippen molar-refractivity contribution in [1.29, 1.82) is 0 Å². The molecule has 0 N–H and O–H groups in total. The first-order chi connectivity index (χ1) is 8.78. The van der Waals surface area contributed by atoms with Crippen LogP contribution in [-0.4, -0.2) is 86.8 Å². The number of hydrogen-bond acceptors (Lipinski definition) is 4. The van der Waals surface area contributed by atoms with E-state index in [2.05, 4.69) is 28.7 Å². The average molecular weight is 255 g/mol. The van der Waals surface area contributed by atoms with Gasteiger partial charge in [-0.25, -0.2) is 0 Å². The van der Waals surface area contributed by atoms with Crippen molar-refractivity contribution in [2.75, 3.05) is 66.0 Å². The summed E-state index contributed by atoms with van der Waals surface area (Å²) in [5.74, 6) is 0. The van der Waals surface area contributed by atoms with Gasteiger partial charge in [-0.1, -0.05) is 6.92 Å². The van der Waals surface area contributed by atoms with Crippen molar-refractivity contribution in [2.24, 2.45) is 0 Å². The Hall–Kier alpha value is -0.160. The maximum Gasteiger partial charge on any atom is 0.0828 e. The third-order valence-corrected chi connectivity index (χ3v) is 4.01. The number of nitrogens with zero attached hydrogens (tertiary/aromatic N) is 3. The number of hydrogen-bond donors (Lipinski definition) is 0. The Kier molecular flexibility index (Phi) is 5.89. The van der Waals surface area contributed by atoms with Crippen LogP contribution in [0.3, 0.4) is 0 Å². The van der Waals surface area contributed by atoms with Gasteiger partial charge in [-0.3, -0.25) is 0 Å². The summed E-state index contributed by atoms with van der Waals surface area (Å²) in [5, 5.41) is 0. The van der Waals surface area contributed by atoms with Crippen LogP contribution >= 0.6 is 0 Å². The van der Waals surface area contributed by atoms with E-state index in [-0.39, 0.29) is 0 Å². The third-order valence-electron chi connectivity index (χ3n) is 4.01. The molecule has 2 aliphatic rings. The molecule has 0 aromatic rings. The molecule has 4 heteroatoms. The van der Waals surface area contributed by atoms with E-state index < -0.39 is 0 Å². The van der Waals surface area contributed by atoms with Gasteiger partial charge >= 0.3 is 0 Å². The molecular formula is C14H29N3O. The minimum Gasteiger partial charge on any atom is -0.376 e. The zero-order valence-electron chi connectivity index (χ0n) is 12.1. The van der Waals surface area contributed by atoms with Crippen molar-refractivity contribution in [2.45, 2.75) is 25.9 Å². The Morgan fingerprint density at radius 1 is 1.00 bits per heavy atom. The van der Waals surface area contributed by atoms with Gasteiger partial charge in [0.05, 0.1) is 6.10 Å². The Morgan fingerprint density at radius 3 is 2.17 bits per heavy atom. The summed E-state index contributed by atoms with van der Waals surface area (Å²) in [4.78, 5) is 7.47. The van der Waals surface area contributed by atoms with Gasteiger partial charge in [0.25, 0.3) is 0 Å². The van der Waals surface area contributed by atoms with Crippen molar-refractivity contribution < 1.29 is 4.74 Å². The van der Waals surface area contributed by atoms with Gasteiger partial charge < -0.3 is 19.4 Å². The molecule has 18 heavy (non-hydrogen) atoms. The van der Waals surface area contributed by atoms with E-state index in [4.69, 9.17) is 4.74 Å². The van der Waals surface area contributed by atoms with E-state index in [1.54, 1.807) is 0 Å². The van der Waals surface area contributed by atoms with Crippen LogP contribution in [0.4, 0.5) is 0 Å². The standard InChI is InChI=1S/C14H29N3O/c1-3-5-16-7-9-17(10-8-16)6-4-11-18-14-12-15(2)13-14/h14H,3-13H2,1-2H3. The fourth-order valence-electron chi connectivity index (χ4n) is 2.84. The molecule has 0 aromatic heterocycles. The molecule has 0 aromatic carbocycles. The van der Waals surface area contributed by atoms with Crippen LogP contribution in [0.1, 0.15) is 19.8 Å². The highest BCUT2D eigenvalue weighted by Gasteiger charge is 2.23. The molecule has 2 fully saturated rings. The summed E-state index contributed by atoms with van der Waals surface area (Å²) in [6.07, 6.45) is 2.98. The van der Waals surface area contributed by atoms with E-state index in [0.717, 1.165) is 19.7 Å². The second kappa shape index (κ2) is 7.43. The topological polar surface area (TPSA) is 19.0 Å². The predicted octanol–water partition coefficient (Wildman–Crippen LogP) is 0.735. The number of likely N-dealkylation sites (tertiary alicyclic amines) is 1. The predicted molar refractivity (Wildman–Crippen MR) is 75.0 cm³/mol. The smallest absolute Gasteiger partial charge is 0.0828 e. The average Bonchev–Trinajstić information content (AvgIpc) is 2.34. The minimum absolute atomic E-state index is 0.511. The van der Waals surface area contributed by atoms with E-state index in [9.17, 15) is 0 Å². The molecule has 0 saturated carbocycles. The van der Waals surface area contributed by atoms with Gasteiger partial charge in [0, 0.05) is 52.4 Å². The molecule has 2 saturated heterocycles. The summed E-state index contributed by atoms with van der Waals surface area (Å²) in [6, 6.07) is 0. The first kappa shape index (κ1) is 14.3. The number of ether oxygens (including phenoxy) is 1. The molecule has 0 unspecified atom stereocenters. The Balaban J connectivity index is 1.45. The highest BCUT2D eigenvalue weighted by molar-refractivity contribution is 4.77. The summed E-state index contributed by atoms with van der Waals surface area (Å²) in [6.45, 7) is 12.9. The van der Waals surface area contributed by atoms with Gasteiger partial charge in [-0.2, -0.15) is 0 Å². The van der Waals surface area contributed by atoms with E-state index in [1.165, 1.54) is 52.1 Å². The Labute approximate surface area is 112 Å². The highest BCUT2D eigenvalue weighted by atomic mass is 16.5. The molecule has 0 amide bonds. The van der Waals surface area contributed by atoms with Crippen LogP contribution in [0.5, 0.6) is 0 Å². The van der Waals surface area contributed by atoms with Crippen LogP contribution in [0, 0.1) is 0 Å². The normalized spacial score (nSPS) is 24.3. The fourth-order valence-corrected chi connectivity index (χ4v) is 2.84. The number of rotatable bonds is 7.